The van der Waals surface area contributed by atoms with Crippen LogP contribution in [0.1, 0.15) is 44.6 Å². The fourth-order valence-corrected chi connectivity index (χ4v) is 4.15. The zero-order valence-corrected chi connectivity index (χ0v) is 16.6. The number of carbonyl (C=O) groups excluding carboxylic acids is 3. The molecular formula is C20H26ClN3O3. The normalized spacial score (nSPS) is 23.4. The molecule has 6 nitrogen and oxygen atoms in total. The average molecular weight is 392 g/mol. The Morgan fingerprint density at radius 3 is 2.48 bits per heavy atom. The highest BCUT2D eigenvalue weighted by atomic mass is 35.5. The number of hydrogen-bond acceptors (Lipinski definition) is 3. The fraction of sp³-hybridized carbons (Fsp3) is 0.550. The minimum atomic E-state index is -0.896. The Hall–Kier alpha value is -2.08. The lowest BCUT2D eigenvalue weighted by atomic mass is 9.75. The highest BCUT2D eigenvalue weighted by molar-refractivity contribution is 6.30. The third-order valence-corrected chi connectivity index (χ3v) is 6.03. The average Bonchev–Trinajstić information content (AvgIpc) is 2.88. The molecule has 2 fully saturated rings. The van der Waals surface area contributed by atoms with Gasteiger partial charge >= 0.3 is 6.03 Å². The maximum Gasteiger partial charge on any atom is 0.325 e. The summed E-state index contributed by atoms with van der Waals surface area (Å²) in [5.74, 6) is -0.427. The molecule has 27 heavy (non-hydrogen) atoms. The second-order valence-corrected chi connectivity index (χ2v) is 8.17. The van der Waals surface area contributed by atoms with Gasteiger partial charge in [0.1, 0.15) is 12.1 Å². The summed E-state index contributed by atoms with van der Waals surface area (Å²) < 4.78 is 0. The van der Waals surface area contributed by atoms with Crippen molar-refractivity contribution < 1.29 is 14.4 Å². The van der Waals surface area contributed by atoms with Crippen LogP contribution in [0.15, 0.2) is 24.3 Å². The van der Waals surface area contributed by atoms with Crippen LogP contribution in [-0.2, 0) is 16.1 Å². The summed E-state index contributed by atoms with van der Waals surface area (Å²) in [7, 11) is 1.66. The van der Waals surface area contributed by atoms with E-state index < -0.39 is 11.6 Å². The molecule has 3 rings (SSSR count). The predicted molar refractivity (Wildman–Crippen MR) is 103 cm³/mol. The van der Waals surface area contributed by atoms with Crippen LogP contribution in [0.5, 0.6) is 0 Å². The number of nitrogens with one attached hydrogen (secondary N) is 1. The van der Waals surface area contributed by atoms with E-state index in [1.165, 1.54) is 11.3 Å². The van der Waals surface area contributed by atoms with Gasteiger partial charge in [-0.2, -0.15) is 0 Å². The van der Waals surface area contributed by atoms with Crippen molar-refractivity contribution in [3.05, 3.63) is 34.9 Å². The molecule has 0 aromatic heterocycles. The first-order valence-corrected chi connectivity index (χ1v) is 9.81. The van der Waals surface area contributed by atoms with E-state index in [9.17, 15) is 14.4 Å². The van der Waals surface area contributed by atoms with Gasteiger partial charge in [0.25, 0.3) is 5.91 Å². The van der Waals surface area contributed by atoms with Gasteiger partial charge in [-0.05, 0) is 43.4 Å². The lowest BCUT2D eigenvalue weighted by Crippen LogP contribution is -2.51. The molecule has 4 amide bonds. The second kappa shape index (κ2) is 7.89. The van der Waals surface area contributed by atoms with Gasteiger partial charge in [-0.25, -0.2) is 4.79 Å². The summed E-state index contributed by atoms with van der Waals surface area (Å²) in [6.07, 6.45) is 5.19. The standard InChI is InChI=1S/C20H26ClN3O3/c1-20(15-6-4-3-5-7-15)18(26)24(19(27)22-20)13-17(25)23(2)12-14-8-10-16(21)11-9-14/h8-11,15H,3-7,12-13H2,1-2H3,(H,22,27)/t20-/m0/s1. The summed E-state index contributed by atoms with van der Waals surface area (Å²) in [6, 6.07) is 6.76. The molecule has 7 heteroatoms. The molecule has 1 saturated heterocycles. The highest BCUT2D eigenvalue weighted by Crippen LogP contribution is 2.36. The predicted octanol–water partition coefficient (Wildman–Crippen LogP) is 3.19. The Kier molecular flexibility index (Phi) is 5.75. The Bertz CT molecular complexity index is 730. The number of amides is 4. The van der Waals surface area contributed by atoms with E-state index in [0.29, 0.717) is 11.6 Å². The van der Waals surface area contributed by atoms with Crippen LogP contribution in [0.25, 0.3) is 0 Å². The van der Waals surface area contributed by atoms with Crippen LogP contribution in [-0.4, -0.2) is 46.8 Å². The largest absolute Gasteiger partial charge is 0.340 e. The third kappa shape index (κ3) is 4.10. The Morgan fingerprint density at radius 1 is 1.22 bits per heavy atom. The number of rotatable bonds is 5. The van der Waals surface area contributed by atoms with Gasteiger partial charge in [0.05, 0.1) is 0 Å². The van der Waals surface area contributed by atoms with E-state index in [1.54, 1.807) is 26.1 Å². The van der Waals surface area contributed by atoms with E-state index in [1.807, 2.05) is 12.1 Å². The van der Waals surface area contributed by atoms with Gasteiger partial charge in [0.2, 0.25) is 5.91 Å². The molecule has 1 heterocycles. The first-order chi connectivity index (χ1) is 12.8. The van der Waals surface area contributed by atoms with Crippen molar-refractivity contribution in [2.45, 2.75) is 51.1 Å². The molecule has 1 saturated carbocycles. The third-order valence-electron chi connectivity index (χ3n) is 5.77. The molecule has 0 bridgehead atoms. The SMILES string of the molecule is CN(Cc1ccc(Cl)cc1)C(=O)CN1C(=O)N[C@@](C)(C2CCCCC2)C1=O. The van der Waals surface area contributed by atoms with E-state index in [-0.39, 0.29) is 24.3 Å². The lowest BCUT2D eigenvalue weighted by Gasteiger charge is -2.34. The van der Waals surface area contributed by atoms with Gasteiger partial charge in [-0.3, -0.25) is 14.5 Å². The molecule has 1 aliphatic heterocycles. The molecule has 0 spiro atoms. The van der Waals surface area contributed by atoms with Crippen molar-refractivity contribution in [2.75, 3.05) is 13.6 Å². The van der Waals surface area contributed by atoms with E-state index in [0.717, 1.165) is 36.1 Å². The molecule has 2 aliphatic rings. The van der Waals surface area contributed by atoms with E-state index in [4.69, 9.17) is 11.6 Å². The summed E-state index contributed by atoms with van der Waals surface area (Å²) in [5.41, 5.74) is 0.0338. The maximum atomic E-state index is 12.9. The number of nitrogens with zero attached hydrogens (tertiary/aromatic N) is 2. The van der Waals surface area contributed by atoms with Crippen LogP contribution in [0.4, 0.5) is 4.79 Å². The molecule has 0 unspecified atom stereocenters. The molecular weight excluding hydrogens is 366 g/mol. The quantitative estimate of drug-likeness (QED) is 0.783. The number of urea groups is 1. The number of benzene rings is 1. The minimum absolute atomic E-state index is 0.134. The van der Waals surface area contributed by atoms with Gasteiger partial charge in [-0.15, -0.1) is 0 Å². The minimum Gasteiger partial charge on any atom is -0.340 e. The molecule has 146 valence electrons. The van der Waals surface area contributed by atoms with Crippen molar-refractivity contribution in [3.8, 4) is 0 Å². The van der Waals surface area contributed by atoms with Crippen molar-refractivity contribution in [1.29, 1.82) is 0 Å². The first kappa shape index (κ1) is 19.7. The number of likely N-dealkylation sites (N-methyl/N-ethyl adjacent to an activating group) is 1. The Balaban J connectivity index is 1.63. The first-order valence-electron chi connectivity index (χ1n) is 9.44. The summed E-state index contributed by atoms with van der Waals surface area (Å²) in [4.78, 5) is 40.5. The van der Waals surface area contributed by atoms with Crippen molar-refractivity contribution in [1.82, 2.24) is 15.1 Å². The molecule has 1 aromatic rings. The van der Waals surface area contributed by atoms with Gasteiger partial charge in [-0.1, -0.05) is 43.0 Å². The van der Waals surface area contributed by atoms with Crippen LogP contribution < -0.4 is 5.32 Å². The lowest BCUT2D eigenvalue weighted by molar-refractivity contribution is -0.139. The molecule has 1 aromatic carbocycles. The zero-order valence-electron chi connectivity index (χ0n) is 15.8. The van der Waals surface area contributed by atoms with Crippen molar-refractivity contribution in [3.63, 3.8) is 0 Å². The Labute approximate surface area is 164 Å². The number of imide groups is 1. The van der Waals surface area contributed by atoms with Gasteiger partial charge in [0.15, 0.2) is 0 Å². The van der Waals surface area contributed by atoms with Gasteiger partial charge in [0, 0.05) is 18.6 Å². The molecule has 1 atom stereocenters. The highest BCUT2D eigenvalue weighted by Gasteiger charge is 2.52. The van der Waals surface area contributed by atoms with Crippen molar-refractivity contribution in [2.24, 2.45) is 5.92 Å². The molecule has 1 aliphatic carbocycles. The molecule has 1 N–H and O–H groups in total. The van der Waals surface area contributed by atoms with Gasteiger partial charge < -0.3 is 10.2 Å². The van der Waals surface area contributed by atoms with Crippen LogP contribution in [0, 0.1) is 5.92 Å². The number of halogens is 1. The fourth-order valence-electron chi connectivity index (χ4n) is 4.02. The topological polar surface area (TPSA) is 69.7 Å². The Morgan fingerprint density at radius 2 is 1.85 bits per heavy atom. The zero-order chi connectivity index (χ0) is 19.6. The summed E-state index contributed by atoms with van der Waals surface area (Å²) in [6.45, 7) is 1.95. The monoisotopic (exact) mass is 391 g/mol. The van der Waals surface area contributed by atoms with Crippen LogP contribution in [0.3, 0.4) is 0 Å². The summed E-state index contributed by atoms with van der Waals surface area (Å²) in [5, 5.41) is 3.49. The van der Waals surface area contributed by atoms with Crippen molar-refractivity contribution >= 4 is 29.4 Å². The number of hydrogen-bond donors (Lipinski definition) is 1. The van der Waals surface area contributed by atoms with Crippen LogP contribution >= 0.6 is 11.6 Å². The summed E-state index contributed by atoms with van der Waals surface area (Å²) >= 11 is 5.88. The molecule has 0 radical (unpaired) electrons. The number of carbonyl (C=O) groups is 3. The second-order valence-electron chi connectivity index (χ2n) is 7.74. The van der Waals surface area contributed by atoms with Crippen LogP contribution in [0.2, 0.25) is 5.02 Å². The van der Waals surface area contributed by atoms with E-state index in [2.05, 4.69) is 5.32 Å². The maximum absolute atomic E-state index is 12.9. The van der Waals surface area contributed by atoms with E-state index >= 15 is 0 Å². The smallest absolute Gasteiger partial charge is 0.325 e.